The highest BCUT2D eigenvalue weighted by Gasteiger charge is 2.26. The molecule has 1 saturated heterocycles. The van der Waals surface area contributed by atoms with Crippen LogP contribution in [0.5, 0.6) is 0 Å². The highest BCUT2D eigenvalue weighted by Crippen LogP contribution is 2.36. The molecule has 0 saturated carbocycles. The molecule has 0 atom stereocenters. The van der Waals surface area contributed by atoms with Crippen LogP contribution in [0.15, 0.2) is 18.2 Å². The number of amides is 2. The van der Waals surface area contributed by atoms with Crippen molar-refractivity contribution in [3.63, 3.8) is 0 Å². The summed E-state index contributed by atoms with van der Waals surface area (Å²) in [6.07, 6.45) is 1.86. The van der Waals surface area contributed by atoms with E-state index in [0.717, 1.165) is 31.5 Å². The summed E-state index contributed by atoms with van der Waals surface area (Å²) < 4.78 is 0. The second-order valence-electron chi connectivity index (χ2n) is 5.08. The molecule has 1 aromatic carbocycles. The zero-order chi connectivity index (χ0) is 14.0. The molecule has 19 heavy (non-hydrogen) atoms. The zero-order valence-corrected chi connectivity index (χ0v) is 12.7. The topological polar surface area (TPSA) is 23.6 Å². The first kappa shape index (κ1) is 14.5. The van der Waals surface area contributed by atoms with Gasteiger partial charge in [0.15, 0.2) is 0 Å². The lowest BCUT2D eigenvalue weighted by molar-refractivity contribution is 0.156. The fourth-order valence-electron chi connectivity index (χ4n) is 2.50. The first-order valence-corrected chi connectivity index (χ1v) is 7.16. The predicted molar refractivity (Wildman–Crippen MR) is 79.1 cm³/mol. The van der Waals surface area contributed by atoms with Gasteiger partial charge < -0.3 is 9.80 Å². The van der Waals surface area contributed by atoms with Gasteiger partial charge in [-0.2, -0.15) is 0 Å². The Morgan fingerprint density at radius 1 is 1.26 bits per heavy atom. The fraction of sp³-hybridized carbons (Fsp3) is 0.500. The Labute approximate surface area is 124 Å². The van der Waals surface area contributed by atoms with Crippen molar-refractivity contribution >= 4 is 29.2 Å². The molecule has 1 aliphatic heterocycles. The third kappa shape index (κ3) is 3.15. The van der Waals surface area contributed by atoms with Gasteiger partial charge >= 0.3 is 6.03 Å². The fourth-order valence-corrected chi connectivity index (χ4v) is 2.96. The van der Waals surface area contributed by atoms with Crippen molar-refractivity contribution in [1.29, 1.82) is 0 Å². The molecule has 0 bridgehead atoms. The predicted octanol–water partition coefficient (Wildman–Crippen LogP) is 3.85. The largest absolute Gasteiger partial charge is 0.331 e. The molecule has 2 amide bonds. The van der Waals surface area contributed by atoms with Gasteiger partial charge in [0, 0.05) is 27.2 Å². The Morgan fingerprint density at radius 3 is 2.47 bits per heavy atom. The number of carbonyl (C=O) groups excluding carboxylic acids is 1. The Hall–Kier alpha value is -0.930. The highest BCUT2D eigenvalue weighted by atomic mass is 35.5. The van der Waals surface area contributed by atoms with Gasteiger partial charge in [-0.25, -0.2) is 4.79 Å². The number of hydrogen-bond acceptors (Lipinski definition) is 1. The summed E-state index contributed by atoms with van der Waals surface area (Å²) >= 11 is 12.3. The molecule has 0 aromatic heterocycles. The van der Waals surface area contributed by atoms with Gasteiger partial charge in [0.2, 0.25) is 0 Å². The zero-order valence-electron chi connectivity index (χ0n) is 11.2. The van der Waals surface area contributed by atoms with E-state index >= 15 is 0 Å². The minimum Gasteiger partial charge on any atom is -0.331 e. The summed E-state index contributed by atoms with van der Waals surface area (Å²) in [6, 6.07) is 5.84. The van der Waals surface area contributed by atoms with Crippen LogP contribution in [0.1, 0.15) is 24.3 Å². The maximum absolute atomic E-state index is 11.9. The van der Waals surface area contributed by atoms with Gasteiger partial charge in [-0.3, -0.25) is 0 Å². The summed E-state index contributed by atoms with van der Waals surface area (Å²) in [4.78, 5) is 15.4. The Kier molecular flexibility index (Phi) is 4.58. The molecule has 1 aliphatic rings. The molecule has 0 radical (unpaired) electrons. The van der Waals surface area contributed by atoms with Crippen LogP contribution < -0.4 is 0 Å². The molecule has 0 N–H and O–H groups in total. The lowest BCUT2D eigenvalue weighted by Crippen LogP contribution is -2.43. The Bertz CT molecular complexity index is 469. The van der Waals surface area contributed by atoms with Gasteiger partial charge in [-0.1, -0.05) is 35.3 Å². The maximum atomic E-state index is 11.9. The standard InChI is InChI=1S/C14H18Cl2N2O/c1-17(2)14(19)18-8-6-10(7-9-18)11-4-3-5-12(15)13(11)16/h3-5,10H,6-9H2,1-2H3. The Morgan fingerprint density at radius 2 is 1.89 bits per heavy atom. The van der Waals surface area contributed by atoms with Crippen LogP contribution >= 0.6 is 23.2 Å². The molecule has 3 nitrogen and oxygen atoms in total. The third-order valence-electron chi connectivity index (χ3n) is 3.57. The van der Waals surface area contributed by atoms with Crippen LogP contribution in [0.2, 0.25) is 10.0 Å². The number of nitrogens with zero attached hydrogens (tertiary/aromatic N) is 2. The van der Waals surface area contributed by atoms with Crippen molar-refractivity contribution in [1.82, 2.24) is 9.80 Å². The normalized spacial score (nSPS) is 16.5. The lowest BCUT2D eigenvalue weighted by Gasteiger charge is -2.34. The van der Waals surface area contributed by atoms with Gasteiger partial charge in [-0.05, 0) is 30.4 Å². The molecule has 1 aromatic rings. The molecular formula is C14H18Cl2N2O. The SMILES string of the molecule is CN(C)C(=O)N1CCC(c2cccc(Cl)c2Cl)CC1. The summed E-state index contributed by atoms with van der Waals surface area (Å²) in [5, 5.41) is 1.26. The van der Waals surface area contributed by atoms with Crippen molar-refractivity contribution < 1.29 is 4.79 Å². The lowest BCUT2D eigenvalue weighted by atomic mass is 9.89. The number of hydrogen-bond donors (Lipinski definition) is 0. The van der Waals surface area contributed by atoms with Gasteiger partial charge in [0.25, 0.3) is 0 Å². The van der Waals surface area contributed by atoms with Crippen LogP contribution in [0.3, 0.4) is 0 Å². The second kappa shape index (κ2) is 6.02. The number of likely N-dealkylation sites (tertiary alicyclic amines) is 1. The third-order valence-corrected chi connectivity index (χ3v) is 4.40. The summed E-state index contributed by atoms with van der Waals surface area (Å²) in [6.45, 7) is 1.54. The molecule has 0 aliphatic carbocycles. The van der Waals surface area contributed by atoms with E-state index in [0.29, 0.717) is 16.0 Å². The van der Waals surface area contributed by atoms with Gasteiger partial charge in [0.1, 0.15) is 0 Å². The van der Waals surface area contributed by atoms with Crippen molar-refractivity contribution in [3.05, 3.63) is 33.8 Å². The monoisotopic (exact) mass is 300 g/mol. The van der Waals surface area contributed by atoms with Crippen LogP contribution in [0.25, 0.3) is 0 Å². The molecule has 104 valence electrons. The van der Waals surface area contributed by atoms with E-state index in [4.69, 9.17) is 23.2 Å². The second-order valence-corrected chi connectivity index (χ2v) is 5.87. The number of urea groups is 1. The van der Waals surface area contributed by atoms with E-state index in [1.165, 1.54) is 0 Å². The number of benzene rings is 1. The minimum atomic E-state index is 0.0793. The number of carbonyl (C=O) groups is 1. The molecule has 1 heterocycles. The van der Waals surface area contributed by atoms with E-state index in [1.807, 2.05) is 17.0 Å². The first-order valence-electron chi connectivity index (χ1n) is 6.41. The smallest absolute Gasteiger partial charge is 0.319 e. The molecule has 0 unspecified atom stereocenters. The van der Waals surface area contributed by atoms with Crippen molar-refractivity contribution in [2.45, 2.75) is 18.8 Å². The number of rotatable bonds is 1. The van der Waals surface area contributed by atoms with Crippen molar-refractivity contribution in [3.8, 4) is 0 Å². The van der Waals surface area contributed by atoms with Crippen LogP contribution in [-0.2, 0) is 0 Å². The molecular weight excluding hydrogens is 283 g/mol. The Balaban J connectivity index is 2.04. The average Bonchev–Trinajstić information content (AvgIpc) is 2.41. The average molecular weight is 301 g/mol. The van der Waals surface area contributed by atoms with Crippen LogP contribution in [-0.4, -0.2) is 43.0 Å². The summed E-state index contributed by atoms with van der Waals surface area (Å²) in [5.41, 5.74) is 1.10. The van der Waals surface area contributed by atoms with Gasteiger partial charge in [-0.15, -0.1) is 0 Å². The summed E-state index contributed by atoms with van der Waals surface area (Å²) in [7, 11) is 3.56. The number of piperidine rings is 1. The van der Waals surface area contributed by atoms with E-state index in [1.54, 1.807) is 25.1 Å². The first-order chi connectivity index (χ1) is 9.00. The van der Waals surface area contributed by atoms with Crippen LogP contribution in [0, 0.1) is 0 Å². The van der Waals surface area contributed by atoms with Crippen LogP contribution in [0.4, 0.5) is 4.79 Å². The molecule has 5 heteroatoms. The van der Waals surface area contributed by atoms with Gasteiger partial charge in [0.05, 0.1) is 10.0 Å². The van der Waals surface area contributed by atoms with E-state index in [9.17, 15) is 4.79 Å². The minimum absolute atomic E-state index is 0.0793. The van der Waals surface area contributed by atoms with E-state index in [-0.39, 0.29) is 6.03 Å². The molecule has 0 spiro atoms. The number of halogens is 2. The summed E-state index contributed by atoms with van der Waals surface area (Å²) in [5.74, 6) is 0.386. The quantitative estimate of drug-likeness (QED) is 0.772. The van der Waals surface area contributed by atoms with E-state index in [2.05, 4.69) is 0 Å². The maximum Gasteiger partial charge on any atom is 0.319 e. The van der Waals surface area contributed by atoms with E-state index < -0.39 is 0 Å². The highest BCUT2D eigenvalue weighted by molar-refractivity contribution is 6.42. The van der Waals surface area contributed by atoms with Crippen molar-refractivity contribution in [2.24, 2.45) is 0 Å². The van der Waals surface area contributed by atoms with Crippen molar-refractivity contribution in [2.75, 3.05) is 27.2 Å². The molecule has 1 fully saturated rings. The molecule has 2 rings (SSSR count).